The molecule has 1 N–H and O–H groups in total. The number of aliphatic hydroxyl groups excluding tert-OH is 1. The van der Waals surface area contributed by atoms with Crippen molar-refractivity contribution in [3.05, 3.63) is 34.5 Å². The maximum absolute atomic E-state index is 9.97. The summed E-state index contributed by atoms with van der Waals surface area (Å²) in [6.07, 6.45) is 4.46. The van der Waals surface area contributed by atoms with Crippen molar-refractivity contribution in [3.63, 3.8) is 0 Å². The van der Waals surface area contributed by atoms with Crippen LogP contribution in [-0.4, -0.2) is 29.2 Å². The van der Waals surface area contributed by atoms with E-state index in [9.17, 15) is 5.11 Å². The molecule has 18 heavy (non-hydrogen) atoms. The van der Waals surface area contributed by atoms with Crippen LogP contribution in [0.3, 0.4) is 0 Å². The summed E-state index contributed by atoms with van der Waals surface area (Å²) in [5.41, 5.74) is 0. The van der Waals surface area contributed by atoms with Crippen LogP contribution in [0.2, 0.25) is 0 Å². The standard InChI is InChI=1S/C15H25NOS/c1-4-6-7-14(17)11-16(10-5-2)12-15-9-8-13(3)18-15/h4,8-9,14,17H,1,5-7,10-12H2,2-3H3. The van der Waals surface area contributed by atoms with Crippen LogP contribution >= 0.6 is 11.3 Å². The van der Waals surface area contributed by atoms with E-state index in [1.807, 2.05) is 17.4 Å². The monoisotopic (exact) mass is 267 g/mol. The van der Waals surface area contributed by atoms with Crippen LogP contribution in [0.15, 0.2) is 24.8 Å². The van der Waals surface area contributed by atoms with Gasteiger partial charge in [0.05, 0.1) is 6.10 Å². The first-order valence-electron chi connectivity index (χ1n) is 6.72. The topological polar surface area (TPSA) is 23.5 Å². The van der Waals surface area contributed by atoms with Crippen molar-refractivity contribution < 1.29 is 5.11 Å². The molecule has 1 heterocycles. The predicted octanol–water partition coefficient (Wildman–Crippen LogP) is 3.60. The minimum Gasteiger partial charge on any atom is -0.392 e. The molecule has 1 rings (SSSR count). The maximum Gasteiger partial charge on any atom is 0.0670 e. The smallest absolute Gasteiger partial charge is 0.0670 e. The van der Waals surface area contributed by atoms with Crippen LogP contribution in [0.5, 0.6) is 0 Å². The SMILES string of the molecule is C=CCCC(O)CN(CCC)Cc1ccc(C)s1. The Balaban J connectivity index is 2.45. The van der Waals surface area contributed by atoms with Crippen molar-refractivity contribution in [2.24, 2.45) is 0 Å². The number of hydrogen-bond donors (Lipinski definition) is 1. The molecule has 0 amide bonds. The molecule has 1 aromatic rings. The second kappa shape index (κ2) is 8.46. The molecule has 0 saturated carbocycles. The quantitative estimate of drug-likeness (QED) is 0.691. The summed E-state index contributed by atoms with van der Waals surface area (Å²) >= 11 is 1.85. The highest BCUT2D eigenvalue weighted by molar-refractivity contribution is 7.11. The summed E-state index contributed by atoms with van der Waals surface area (Å²) in [5, 5.41) is 9.97. The molecule has 3 heteroatoms. The normalized spacial score (nSPS) is 12.9. The molecule has 0 aromatic carbocycles. The van der Waals surface area contributed by atoms with Gasteiger partial charge in [-0.05, 0) is 44.9 Å². The first-order chi connectivity index (χ1) is 8.65. The van der Waals surface area contributed by atoms with E-state index in [2.05, 4.69) is 37.5 Å². The predicted molar refractivity (Wildman–Crippen MR) is 80.1 cm³/mol. The summed E-state index contributed by atoms with van der Waals surface area (Å²) < 4.78 is 0. The molecule has 0 aliphatic carbocycles. The van der Waals surface area contributed by atoms with E-state index in [0.717, 1.165) is 38.9 Å². The second-order valence-corrected chi connectivity index (χ2v) is 6.14. The lowest BCUT2D eigenvalue weighted by molar-refractivity contribution is 0.103. The average Bonchev–Trinajstić information content (AvgIpc) is 2.72. The Kier molecular flexibility index (Phi) is 7.25. The van der Waals surface area contributed by atoms with Crippen molar-refractivity contribution in [2.45, 2.75) is 45.8 Å². The van der Waals surface area contributed by atoms with E-state index in [1.165, 1.54) is 9.75 Å². The zero-order valence-electron chi connectivity index (χ0n) is 11.6. The highest BCUT2D eigenvalue weighted by Crippen LogP contribution is 2.17. The molecule has 1 aromatic heterocycles. The lowest BCUT2D eigenvalue weighted by Crippen LogP contribution is -2.32. The van der Waals surface area contributed by atoms with Gasteiger partial charge >= 0.3 is 0 Å². The zero-order valence-corrected chi connectivity index (χ0v) is 12.4. The van der Waals surface area contributed by atoms with E-state index in [-0.39, 0.29) is 6.10 Å². The Bertz CT molecular complexity index is 348. The number of aryl methyl sites for hydroxylation is 1. The lowest BCUT2D eigenvalue weighted by Gasteiger charge is -2.23. The molecular weight excluding hydrogens is 242 g/mol. The molecule has 0 aliphatic heterocycles. The molecular formula is C15H25NOS. The molecule has 0 bridgehead atoms. The number of nitrogens with zero attached hydrogens (tertiary/aromatic N) is 1. The fourth-order valence-corrected chi connectivity index (χ4v) is 2.97. The van der Waals surface area contributed by atoms with Gasteiger partial charge in [-0.25, -0.2) is 0 Å². The Morgan fingerprint density at radius 3 is 2.83 bits per heavy atom. The fraction of sp³-hybridized carbons (Fsp3) is 0.600. The van der Waals surface area contributed by atoms with Crippen molar-refractivity contribution in [3.8, 4) is 0 Å². The minimum atomic E-state index is -0.240. The maximum atomic E-state index is 9.97. The highest BCUT2D eigenvalue weighted by Gasteiger charge is 2.11. The summed E-state index contributed by atoms with van der Waals surface area (Å²) in [6.45, 7) is 10.8. The largest absolute Gasteiger partial charge is 0.392 e. The van der Waals surface area contributed by atoms with E-state index in [4.69, 9.17) is 0 Å². The molecule has 0 radical (unpaired) electrons. The third-order valence-corrected chi connectivity index (χ3v) is 3.87. The van der Waals surface area contributed by atoms with Crippen LogP contribution in [0.25, 0.3) is 0 Å². The first kappa shape index (κ1) is 15.4. The number of hydrogen-bond acceptors (Lipinski definition) is 3. The molecule has 0 fully saturated rings. The Labute approximate surface area is 115 Å². The fourth-order valence-electron chi connectivity index (χ4n) is 2.04. The van der Waals surface area contributed by atoms with Gasteiger partial charge in [0.25, 0.3) is 0 Å². The molecule has 2 nitrogen and oxygen atoms in total. The third kappa shape index (κ3) is 5.80. The lowest BCUT2D eigenvalue weighted by atomic mass is 10.2. The molecule has 1 unspecified atom stereocenters. The van der Waals surface area contributed by atoms with Crippen molar-refractivity contribution in [2.75, 3.05) is 13.1 Å². The van der Waals surface area contributed by atoms with Crippen molar-refractivity contribution in [1.29, 1.82) is 0 Å². The van der Waals surface area contributed by atoms with Gasteiger partial charge in [-0.1, -0.05) is 13.0 Å². The summed E-state index contributed by atoms with van der Waals surface area (Å²) in [7, 11) is 0. The molecule has 0 saturated heterocycles. The molecule has 102 valence electrons. The van der Waals surface area contributed by atoms with Crippen molar-refractivity contribution in [1.82, 2.24) is 4.90 Å². The summed E-state index contributed by atoms with van der Waals surface area (Å²) in [6, 6.07) is 4.36. The van der Waals surface area contributed by atoms with Gasteiger partial charge in [0.2, 0.25) is 0 Å². The third-order valence-electron chi connectivity index (χ3n) is 2.89. The van der Waals surface area contributed by atoms with Gasteiger partial charge < -0.3 is 5.11 Å². The minimum absolute atomic E-state index is 0.240. The first-order valence-corrected chi connectivity index (χ1v) is 7.54. The summed E-state index contributed by atoms with van der Waals surface area (Å²) in [4.78, 5) is 5.09. The van der Waals surface area contributed by atoms with Gasteiger partial charge in [0.15, 0.2) is 0 Å². The zero-order chi connectivity index (χ0) is 13.4. The van der Waals surface area contributed by atoms with Gasteiger partial charge in [-0.2, -0.15) is 0 Å². The summed E-state index contributed by atoms with van der Waals surface area (Å²) in [5.74, 6) is 0. The van der Waals surface area contributed by atoms with Crippen LogP contribution in [0, 0.1) is 6.92 Å². The van der Waals surface area contributed by atoms with E-state index < -0.39 is 0 Å². The number of thiophene rings is 1. The highest BCUT2D eigenvalue weighted by atomic mass is 32.1. The average molecular weight is 267 g/mol. The Morgan fingerprint density at radius 1 is 1.50 bits per heavy atom. The van der Waals surface area contributed by atoms with Gasteiger partial charge in [-0.3, -0.25) is 4.90 Å². The molecule has 0 aliphatic rings. The van der Waals surface area contributed by atoms with E-state index in [1.54, 1.807) is 0 Å². The number of allylic oxidation sites excluding steroid dienone is 1. The van der Waals surface area contributed by atoms with Gasteiger partial charge in [-0.15, -0.1) is 17.9 Å². The van der Waals surface area contributed by atoms with Gasteiger partial charge in [0.1, 0.15) is 0 Å². The second-order valence-electron chi connectivity index (χ2n) is 4.77. The van der Waals surface area contributed by atoms with E-state index >= 15 is 0 Å². The van der Waals surface area contributed by atoms with Gasteiger partial charge in [0, 0.05) is 22.8 Å². The van der Waals surface area contributed by atoms with Crippen molar-refractivity contribution >= 4 is 11.3 Å². The van der Waals surface area contributed by atoms with E-state index in [0.29, 0.717) is 0 Å². The van der Waals surface area contributed by atoms with Crippen LogP contribution in [0.1, 0.15) is 35.9 Å². The van der Waals surface area contributed by atoms with Crippen LogP contribution < -0.4 is 0 Å². The Hall–Kier alpha value is -0.640. The molecule has 1 atom stereocenters. The van der Waals surface area contributed by atoms with Crippen LogP contribution in [0.4, 0.5) is 0 Å². The van der Waals surface area contributed by atoms with Crippen LogP contribution in [-0.2, 0) is 6.54 Å². The Morgan fingerprint density at radius 2 is 2.28 bits per heavy atom. The molecule has 0 spiro atoms. The number of aliphatic hydroxyl groups is 1. The number of rotatable bonds is 9.